The summed E-state index contributed by atoms with van der Waals surface area (Å²) in [5.41, 5.74) is 1.47. The van der Waals surface area contributed by atoms with Crippen molar-refractivity contribution in [3.63, 3.8) is 0 Å². The molecule has 0 aromatic rings. The maximum Gasteiger partial charge on any atom is 0.453 e. The summed E-state index contributed by atoms with van der Waals surface area (Å²) >= 11 is 1.47. The average Bonchev–Trinajstić information content (AvgIpc) is 3.25. The molecule has 0 aromatic carbocycles. The predicted molar refractivity (Wildman–Crippen MR) is 161 cm³/mol. The van der Waals surface area contributed by atoms with Crippen LogP contribution in [0.2, 0.25) is 0 Å². The number of unbranched alkanes of at least 4 members (excludes halogenated alkanes) is 6. The number of fused-ring (bicyclic) bond motifs is 5. The smallest absolute Gasteiger partial charge is 0.453 e. The van der Waals surface area contributed by atoms with E-state index in [4.69, 9.17) is 4.74 Å². The molecule has 43 heavy (non-hydrogen) atoms. The van der Waals surface area contributed by atoms with E-state index >= 15 is 0 Å². The fourth-order valence-corrected chi connectivity index (χ4v) is 10.1. The van der Waals surface area contributed by atoms with E-state index in [1.54, 1.807) is 0 Å². The van der Waals surface area contributed by atoms with Crippen LogP contribution in [0.15, 0.2) is 11.6 Å². The average molecular weight is 635 g/mol. The first-order valence-electron chi connectivity index (χ1n) is 16.8. The van der Waals surface area contributed by atoms with E-state index < -0.39 is 18.5 Å². The lowest BCUT2D eigenvalue weighted by Crippen LogP contribution is -2.51. The van der Waals surface area contributed by atoms with E-state index in [0.717, 1.165) is 63.5 Å². The second kappa shape index (κ2) is 15.0. The third kappa shape index (κ3) is 8.58. The normalized spacial score (nSPS) is 32.5. The van der Waals surface area contributed by atoms with Crippen LogP contribution in [0.5, 0.6) is 0 Å². The van der Waals surface area contributed by atoms with Crippen molar-refractivity contribution in [2.45, 2.75) is 141 Å². The van der Waals surface area contributed by atoms with Gasteiger partial charge < -0.3 is 4.74 Å². The summed E-state index contributed by atoms with van der Waals surface area (Å²) in [5, 5.41) is 0. The molecule has 3 nitrogen and oxygen atoms in total. The topological polar surface area (TPSA) is 43.4 Å². The van der Waals surface area contributed by atoms with Crippen LogP contribution in [0.25, 0.3) is 0 Å². The molecule has 0 amide bonds. The molecule has 4 rings (SSSR count). The summed E-state index contributed by atoms with van der Waals surface area (Å²) in [6.07, 6.45) is 11.5. The molecule has 0 saturated heterocycles. The highest BCUT2D eigenvalue weighted by Gasteiger charge is 2.59. The SMILES string of the molecule is CC(=O)O[C@H]1CCC2C3C(CCCCCCCCCSCCCC(F)(F)C(F)(F)F)CC4=CC(=O)CC[C@@H]4C3CC[C@@]21C. The van der Waals surface area contributed by atoms with Gasteiger partial charge in [-0.25, -0.2) is 0 Å². The molecule has 0 N–H and O–H groups in total. The van der Waals surface area contributed by atoms with E-state index in [2.05, 4.69) is 6.92 Å². The van der Waals surface area contributed by atoms with E-state index in [1.807, 2.05) is 6.08 Å². The molecular formula is C34H51F5O3S. The van der Waals surface area contributed by atoms with Crippen molar-refractivity contribution >= 4 is 23.5 Å². The fraction of sp³-hybridized carbons (Fsp3) is 0.882. The first-order chi connectivity index (χ1) is 20.3. The van der Waals surface area contributed by atoms with Crippen molar-refractivity contribution in [1.82, 2.24) is 0 Å². The second-order valence-electron chi connectivity index (χ2n) is 14.0. The maximum atomic E-state index is 12.9. The Bertz CT molecular complexity index is 982. The van der Waals surface area contributed by atoms with Gasteiger partial charge in [-0.1, -0.05) is 51.0 Å². The molecule has 0 aliphatic heterocycles. The van der Waals surface area contributed by atoms with Crippen LogP contribution in [0.4, 0.5) is 22.0 Å². The number of carbonyl (C=O) groups excluding carboxylic acids is 2. The van der Waals surface area contributed by atoms with Gasteiger partial charge in [0.2, 0.25) is 0 Å². The molecule has 3 fully saturated rings. The summed E-state index contributed by atoms with van der Waals surface area (Å²) in [6.45, 7) is 3.89. The lowest BCUT2D eigenvalue weighted by molar-refractivity contribution is -0.284. The Morgan fingerprint density at radius 1 is 0.953 bits per heavy atom. The first kappa shape index (κ1) is 34.7. The number of hydrogen-bond acceptors (Lipinski definition) is 4. The zero-order valence-corrected chi connectivity index (χ0v) is 26.8. The predicted octanol–water partition coefficient (Wildman–Crippen LogP) is 10.1. The Labute approximate surface area is 258 Å². The number of allylic oxidation sites excluding steroid dienone is 1. The minimum Gasteiger partial charge on any atom is -0.462 e. The number of thioether (sulfide) groups is 1. The maximum absolute atomic E-state index is 12.9. The Kier molecular flexibility index (Phi) is 12.1. The Morgan fingerprint density at radius 2 is 1.63 bits per heavy atom. The molecule has 0 spiro atoms. The second-order valence-corrected chi connectivity index (χ2v) is 15.3. The van der Waals surface area contributed by atoms with Crippen molar-refractivity contribution < 1.29 is 36.3 Å². The Hall–Kier alpha value is -1.12. The van der Waals surface area contributed by atoms with Crippen molar-refractivity contribution in [1.29, 1.82) is 0 Å². The molecule has 4 unspecified atom stereocenters. The van der Waals surface area contributed by atoms with E-state index in [9.17, 15) is 31.5 Å². The highest BCUT2D eigenvalue weighted by Crippen LogP contribution is 2.64. The third-order valence-corrected chi connectivity index (χ3v) is 12.4. The zero-order valence-electron chi connectivity index (χ0n) is 26.0. The Morgan fingerprint density at radius 3 is 2.33 bits per heavy atom. The number of halogens is 5. The number of esters is 1. The molecule has 4 aliphatic carbocycles. The standard InChI is InChI=1S/C34H51F5O3S/c1-23(40)42-30-15-14-29-31-24(21-25-22-26(41)12-13-27(25)28(31)16-18-32(29,30)2)11-8-6-4-3-5-7-9-19-43-20-10-17-33(35,36)34(37,38)39/h22,24,27-31H,3-21H2,1-2H3/t24?,27-,28?,29?,30-,31?,32-/m0/s1. The molecule has 0 radical (unpaired) electrons. The third-order valence-electron chi connectivity index (χ3n) is 11.2. The van der Waals surface area contributed by atoms with Gasteiger partial charge in [-0.15, -0.1) is 0 Å². The highest BCUT2D eigenvalue weighted by atomic mass is 32.2. The van der Waals surface area contributed by atoms with Crippen molar-refractivity contribution in [2.75, 3.05) is 11.5 Å². The van der Waals surface area contributed by atoms with E-state index in [-0.39, 0.29) is 23.9 Å². The van der Waals surface area contributed by atoms with Crippen molar-refractivity contribution in [3.8, 4) is 0 Å². The summed E-state index contributed by atoms with van der Waals surface area (Å²) in [4.78, 5) is 24.2. The van der Waals surface area contributed by atoms with Crippen LogP contribution in [-0.2, 0) is 14.3 Å². The van der Waals surface area contributed by atoms with Gasteiger partial charge in [-0.2, -0.15) is 33.7 Å². The van der Waals surface area contributed by atoms with Gasteiger partial charge in [0.25, 0.3) is 0 Å². The molecular weight excluding hydrogens is 583 g/mol. The molecule has 246 valence electrons. The van der Waals surface area contributed by atoms with Gasteiger partial charge in [0.1, 0.15) is 6.10 Å². The largest absolute Gasteiger partial charge is 0.462 e. The van der Waals surface area contributed by atoms with E-state index in [0.29, 0.717) is 47.5 Å². The van der Waals surface area contributed by atoms with Crippen LogP contribution in [0.1, 0.15) is 123 Å². The van der Waals surface area contributed by atoms with Crippen LogP contribution >= 0.6 is 11.8 Å². The Balaban J connectivity index is 1.17. The summed E-state index contributed by atoms with van der Waals surface area (Å²) in [7, 11) is 0. The van der Waals surface area contributed by atoms with Gasteiger partial charge in [-0.05, 0) is 105 Å². The van der Waals surface area contributed by atoms with Crippen LogP contribution < -0.4 is 0 Å². The number of ketones is 1. The lowest BCUT2D eigenvalue weighted by Gasteiger charge is -2.56. The van der Waals surface area contributed by atoms with Gasteiger partial charge >= 0.3 is 18.1 Å². The van der Waals surface area contributed by atoms with Gasteiger partial charge in [0, 0.05) is 25.2 Å². The monoisotopic (exact) mass is 634 g/mol. The lowest BCUT2D eigenvalue weighted by atomic mass is 9.49. The minimum atomic E-state index is -5.45. The van der Waals surface area contributed by atoms with Crippen LogP contribution in [0.3, 0.4) is 0 Å². The van der Waals surface area contributed by atoms with Crippen molar-refractivity contribution in [3.05, 3.63) is 11.6 Å². The molecule has 3 saturated carbocycles. The van der Waals surface area contributed by atoms with Crippen LogP contribution in [0, 0.1) is 35.0 Å². The summed E-state index contributed by atoms with van der Waals surface area (Å²) in [6, 6.07) is 0. The number of ether oxygens (including phenoxy) is 1. The van der Waals surface area contributed by atoms with Gasteiger partial charge in [0.05, 0.1) is 0 Å². The number of alkyl halides is 5. The quantitative estimate of drug-likeness (QED) is 0.102. The minimum absolute atomic E-state index is 0.0269. The molecule has 7 atom stereocenters. The zero-order chi connectivity index (χ0) is 31.3. The van der Waals surface area contributed by atoms with Crippen LogP contribution in [-0.4, -0.2) is 41.5 Å². The highest BCUT2D eigenvalue weighted by molar-refractivity contribution is 7.99. The van der Waals surface area contributed by atoms with Crippen molar-refractivity contribution in [2.24, 2.45) is 35.0 Å². The van der Waals surface area contributed by atoms with E-state index in [1.165, 1.54) is 56.4 Å². The first-order valence-corrected chi connectivity index (χ1v) is 17.9. The summed E-state index contributed by atoms with van der Waals surface area (Å²) < 4.78 is 68.4. The molecule has 4 aliphatic rings. The molecule has 0 aromatic heterocycles. The summed E-state index contributed by atoms with van der Waals surface area (Å²) in [5.74, 6) is -0.301. The van der Waals surface area contributed by atoms with Gasteiger partial charge in [0.15, 0.2) is 5.78 Å². The number of rotatable bonds is 15. The number of carbonyl (C=O) groups is 2. The molecule has 9 heteroatoms. The fourth-order valence-electron chi connectivity index (χ4n) is 9.15. The number of hydrogen-bond donors (Lipinski definition) is 0. The molecule has 0 heterocycles. The molecule has 0 bridgehead atoms. The van der Waals surface area contributed by atoms with Gasteiger partial charge in [-0.3, -0.25) is 9.59 Å².